The molecule has 0 radical (unpaired) electrons. The van der Waals surface area contributed by atoms with E-state index in [9.17, 15) is 0 Å². The molecule has 6 nitrogen and oxygen atoms in total. The minimum Gasteiger partial charge on any atom is -0.399 e. The van der Waals surface area contributed by atoms with Crippen LogP contribution in [0.3, 0.4) is 0 Å². The first kappa shape index (κ1) is 11.5. The number of nitrogens with one attached hydrogen (secondary N) is 1. The van der Waals surface area contributed by atoms with Crippen molar-refractivity contribution < 1.29 is 4.52 Å². The van der Waals surface area contributed by atoms with E-state index < -0.39 is 0 Å². The Morgan fingerprint density at radius 2 is 2.21 bits per heavy atom. The third-order valence-corrected chi connectivity index (χ3v) is 2.77. The van der Waals surface area contributed by atoms with Crippen LogP contribution in [0.2, 0.25) is 0 Å². The van der Waals surface area contributed by atoms with Crippen LogP contribution < -0.4 is 11.1 Å². The lowest BCUT2D eigenvalue weighted by Crippen LogP contribution is -2.02. The first-order valence-electron chi connectivity index (χ1n) is 5.90. The van der Waals surface area contributed by atoms with Gasteiger partial charge in [0.05, 0.1) is 12.1 Å². The summed E-state index contributed by atoms with van der Waals surface area (Å²) < 4.78 is 4.93. The van der Waals surface area contributed by atoms with E-state index >= 15 is 0 Å². The molecule has 0 unspecified atom stereocenters. The van der Waals surface area contributed by atoms with Crippen molar-refractivity contribution in [2.75, 3.05) is 11.1 Å². The molecule has 3 aromatic rings. The van der Waals surface area contributed by atoms with Crippen LogP contribution in [0.25, 0.3) is 10.9 Å². The van der Waals surface area contributed by atoms with Crippen molar-refractivity contribution in [1.82, 2.24) is 15.1 Å². The molecule has 6 heteroatoms. The standard InChI is InChI=1S/C13H13N5O/c1-8-17-13(18-19-8)7-16-11-4-5-15-12-6-9(14)2-3-10(11)12/h2-6H,7,14H2,1H3,(H,15,16). The summed E-state index contributed by atoms with van der Waals surface area (Å²) >= 11 is 0. The van der Waals surface area contributed by atoms with Crippen LogP contribution in [-0.4, -0.2) is 15.1 Å². The van der Waals surface area contributed by atoms with Crippen molar-refractivity contribution in [3.05, 3.63) is 42.2 Å². The Balaban J connectivity index is 1.88. The summed E-state index contributed by atoms with van der Waals surface area (Å²) in [5, 5.41) is 8.12. The number of fused-ring (bicyclic) bond motifs is 1. The van der Waals surface area contributed by atoms with Gasteiger partial charge in [-0.3, -0.25) is 4.98 Å². The molecular formula is C13H13N5O. The molecular weight excluding hydrogens is 242 g/mol. The van der Waals surface area contributed by atoms with Crippen molar-refractivity contribution in [2.24, 2.45) is 0 Å². The molecule has 96 valence electrons. The number of nitrogens with two attached hydrogens (primary N) is 1. The molecule has 2 heterocycles. The summed E-state index contributed by atoms with van der Waals surface area (Å²) in [4.78, 5) is 8.44. The Labute approximate surface area is 109 Å². The highest BCUT2D eigenvalue weighted by Crippen LogP contribution is 2.23. The molecule has 2 aromatic heterocycles. The topological polar surface area (TPSA) is 89.9 Å². The van der Waals surface area contributed by atoms with Crippen molar-refractivity contribution in [2.45, 2.75) is 13.5 Å². The van der Waals surface area contributed by atoms with Crippen LogP contribution in [0.5, 0.6) is 0 Å². The largest absolute Gasteiger partial charge is 0.399 e. The van der Waals surface area contributed by atoms with E-state index in [1.54, 1.807) is 13.1 Å². The molecule has 3 N–H and O–H groups in total. The number of anilines is 2. The normalized spacial score (nSPS) is 10.8. The quantitative estimate of drug-likeness (QED) is 0.697. The van der Waals surface area contributed by atoms with Gasteiger partial charge in [0, 0.05) is 29.9 Å². The maximum absolute atomic E-state index is 5.75. The van der Waals surface area contributed by atoms with Gasteiger partial charge in [0.15, 0.2) is 5.82 Å². The molecule has 0 aliphatic carbocycles. The minimum atomic E-state index is 0.501. The third-order valence-electron chi connectivity index (χ3n) is 2.77. The second-order valence-electron chi connectivity index (χ2n) is 4.22. The summed E-state index contributed by atoms with van der Waals surface area (Å²) in [6, 6.07) is 7.56. The molecule has 1 aromatic carbocycles. The van der Waals surface area contributed by atoms with E-state index in [2.05, 4.69) is 20.4 Å². The zero-order valence-corrected chi connectivity index (χ0v) is 10.4. The van der Waals surface area contributed by atoms with Gasteiger partial charge >= 0.3 is 0 Å². The van der Waals surface area contributed by atoms with E-state index in [0.29, 0.717) is 23.9 Å². The second kappa shape index (κ2) is 4.56. The number of aromatic nitrogens is 3. The van der Waals surface area contributed by atoms with Gasteiger partial charge in [-0.2, -0.15) is 4.98 Å². The second-order valence-corrected chi connectivity index (χ2v) is 4.22. The molecule has 0 aliphatic rings. The summed E-state index contributed by atoms with van der Waals surface area (Å²) in [6.45, 7) is 2.27. The molecule has 0 atom stereocenters. The molecule has 0 amide bonds. The van der Waals surface area contributed by atoms with Gasteiger partial charge < -0.3 is 15.6 Å². The smallest absolute Gasteiger partial charge is 0.223 e. The van der Waals surface area contributed by atoms with E-state index in [1.807, 2.05) is 24.3 Å². The van der Waals surface area contributed by atoms with Crippen molar-refractivity contribution in [3.63, 3.8) is 0 Å². The van der Waals surface area contributed by atoms with Crippen LogP contribution >= 0.6 is 0 Å². The zero-order chi connectivity index (χ0) is 13.2. The van der Waals surface area contributed by atoms with Crippen LogP contribution in [-0.2, 0) is 6.54 Å². The lowest BCUT2D eigenvalue weighted by molar-refractivity contribution is 0.388. The fourth-order valence-corrected chi connectivity index (χ4v) is 1.91. The van der Waals surface area contributed by atoms with Crippen molar-refractivity contribution in [1.29, 1.82) is 0 Å². The van der Waals surface area contributed by atoms with Gasteiger partial charge in [-0.25, -0.2) is 0 Å². The van der Waals surface area contributed by atoms with Gasteiger partial charge in [0.25, 0.3) is 0 Å². The predicted octanol–water partition coefficient (Wildman–Crippen LogP) is 2.12. The number of hydrogen-bond donors (Lipinski definition) is 2. The molecule has 0 fully saturated rings. The monoisotopic (exact) mass is 255 g/mol. The van der Waals surface area contributed by atoms with Gasteiger partial charge in [0.2, 0.25) is 5.89 Å². The maximum atomic E-state index is 5.75. The third kappa shape index (κ3) is 2.33. The van der Waals surface area contributed by atoms with E-state index in [0.717, 1.165) is 16.6 Å². The van der Waals surface area contributed by atoms with Crippen molar-refractivity contribution >= 4 is 22.3 Å². The van der Waals surface area contributed by atoms with E-state index in [4.69, 9.17) is 10.3 Å². The summed E-state index contributed by atoms with van der Waals surface area (Å²) in [5.41, 5.74) is 8.27. The SMILES string of the molecule is Cc1nc(CNc2ccnc3cc(N)ccc23)no1. The molecule has 0 saturated carbocycles. The number of pyridine rings is 1. The Kier molecular flexibility index (Phi) is 2.75. The average molecular weight is 255 g/mol. The number of rotatable bonds is 3. The highest BCUT2D eigenvalue weighted by molar-refractivity contribution is 5.92. The first-order valence-corrected chi connectivity index (χ1v) is 5.90. The number of nitrogen functional groups attached to an aromatic ring is 1. The number of nitrogens with zero attached hydrogens (tertiary/aromatic N) is 3. The van der Waals surface area contributed by atoms with Gasteiger partial charge in [-0.05, 0) is 24.3 Å². The highest BCUT2D eigenvalue weighted by Gasteiger charge is 2.05. The molecule has 0 spiro atoms. The highest BCUT2D eigenvalue weighted by atomic mass is 16.5. The minimum absolute atomic E-state index is 0.501. The summed E-state index contributed by atoms with van der Waals surface area (Å²) in [6.07, 6.45) is 1.74. The molecule has 3 rings (SSSR count). The molecule has 0 saturated heterocycles. The summed E-state index contributed by atoms with van der Waals surface area (Å²) in [7, 11) is 0. The van der Waals surface area contributed by atoms with Gasteiger partial charge in [-0.15, -0.1) is 0 Å². The van der Waals surface area contributed by atoms with Gasteiger partial charge in [-0.1, -0.05) is 5.16 Å². The zero-order valence-electron chi connectivity index (χ0n) is 10.4. The Bertz CT molecular complexity index is 722. The number of aryl methyl sites for hydroxylation is 1. The maximum Gasteiger partial charge on any atom is 0.223 e. The number of hydrogen-bond acceptors (Lipinski definition) is 6. The average Bonchev–Trinajstić information content (AvgIpc) is 2.81. The van der Waals surface area contributed by atoms with Crippen LogP contribution in [0, 0.1) is 6.92 Å². The van der Waals surface area contributed by atoms with Crippen LogP contribution in [0.4, 0.5) is 11.4 Å². The fourth-order valence-electron chi connectivity index (χ4n) is 1.91. The number of benzene rings is 1. The molecule has 0 bridgehead atoms. The lowest BCUT2D eigenvalue weighted by Gasteiger charge is -2.07. The lowest BCUT2D eigenvalue weighted by atomic mass is 10.1. The predicted molar refractivity (Wildman–Crippen MR) is 72.5 cm³/mol. The molecule has 19 heavy (non-hydrogen) atoms. The van der Waals surface area contributed by atoms with Crippen LogP contribution in [0.15, 0.2) is 35.0 Å². The Hall–Kier alpha value is -2.63. The van der Waals surface area contributed by atoms with Gasteiger partial charge in [0.1, 0.15) is 0 Å². The fraction of sp³-hybridized carbons (Fsp3) is 0.154. The molecule has 0 aliphatic heterocycles. The first-order chi connectivity index (χ1) is 9.22. The van der Waals surface area contributed by atoms with Crippen molar-refractivity contribution in [3.8, 4) is 0 Å². The Morgan fingerprint density at radius 1 is 1.32 bits per heavy atom. The van der Waals surface area contributed by atoms with E-state index in [1.165, 1.54) is 0 Å². The van der Waals surface area contributed by atoms with Crippen LogP contribution in [0.1, 0.15) is 11.7 Å². The summed E-state index contributed by atoms with van der Waals surface area (Å²) in [5.74, 6) is 1.18. The van der Waals surface area contributed by atoms with E-state index in [-0.39, 0.29) is 0 Å². The Morgan fingerprint density at radius 3 is 3.00 bits per heavy atom.